The van der Waals surface area contributed by atoms with Crippen molar-refractivity contribution in [2.45, 2.75) is 47.5 Å². The van der Waals surface area contributed by atoms with Gasteiger partial charge in [0.15, 0.2) is 0 Å². The fourth-order valence-corrected chi connectivity index (χ4v) is 1.58. The molecule has 0 aromatic heterocycles. The fraction of sp³-hybridized carbons (Fsp3) is 0.625. The minimum absolute atomic E-state index is 0.364. The molecule has 0 saturated heterocycles. The zero-order chi connectivity index (χ0) is 13.1. The number of hydrogen-bond acceptors (Lipinski definition) is 1. The van der Waals surface area contributed by atoms with E-state index in [1.807, 2.05) is 0 Å². The van der Waals surface area contributed by atoms with Gasteiger partial charge in [0.2, 0.25) is 0 Å². The van der Waals surface area contributed by atoms with Crippen LogP contribution in [0, 0.1) is 11.3 Å². The highest BCUT2D eigenvalue weighted by molar-refractivity contribution is 5.46. The predicted octanol–water partition coefficient (Wildman–Crippen LogP) is 4.90. The molecule has 17 heavy (non-hydrogen) atoms. The lowest BCUT2D eigenvalue weighted by atomic mass is 9.82. The van der Waals surface area contributed by atoms with Crippen LogP contribution in [-0.4, -0.2) is 6.54 Å². The molecular weight excluding hydrogens is 206 g/mol. The van der Waals surface area contributed by atoms with Gasteiger partial charge in [0.05, 0.1) is 0 Å². The Balaban J connectivity index is 2.61. The van der Waals surface area contributed by atoms with Crippen LogP contribution >= 0.6 is 0 Å². The first-order chi connectivity index (χ1) is 7.80. The second kappa shape index (κ2) is 5.57. The molecule has 0 radical (unpaired) electrons. The van der Waals surface area contributed by atoms with Gasteiger partial charge < -0.3 is 5.32 Å². The van der Waals surface area contributed by atoms with E-state index in [1.54, 1.807) is 0 Å². The van der Waals surface area contributed by atoms with E-state index in [0.29, 0.717) is 17.3 Å². The molecule has 1 atom stereocenters. The zero-order valence-electron chi connectivity index (χ0n) is 12.2. The lowest BCUT2D eigenvalue weighted by Gasteiger charge is -2.27. The standard InChI is InChI=1S/C16H27N/c1-12(2)14-8-7-9-15(10-14)17-11-13(3)16(4,5)6/h7-10,12-13,17H,11H2,1-6H3. The van der Waals surface area contributed by atoms with Gasteiger partial charge >= 0.3 is 0 Å². The van der Waals surface area contributed by atoms with Gasteiger partial charge in [-0.05, 0) is 34.9 Å². The molecule has 1 unspecified atom stereocenters. The highest BCUT2D eigenvalue weighted by atomic mass is 14.9. The molecular formula is C16H27N. The summed E-state index contributed by atoms with van der Waals surface area (Å²) < 4.78 is 0. The Morgan fingerprint density at radius 3 is 2.29 bits per heavy atom. The molecule has 1 N–H and O–H groups in total. The topological polar surface area (TPSA) is 12.0 Å². The van der Waals surface area contributed by atoms with Crippen LogP contribution in [0.2, 0.25) is 0 Å². The summed E-state index contributed by atoms with van der Waals surface area (Å²) in [5, 5.41) is 3.55. The van der Waals surface area contributed by atoms with Crippen LogP contribution in [-0.2, 0) is 0 Å². The SMILES string of the molecule is CC(C)c1cccc(NCC(C)C(C)(C)C)c1. The highest BCUT2D eigenvalue weighted by Gasteiger charge is 2.19. The van der Waals surface area contributed by atoms with Crippen molar-refractivity contribution in [1.82, 2.24) is 0 Å². The fourth-order valence-electron chi connectivity index (χ4n) is 1.58. The number of hydrogen-bond donors (Lipinski definition) is 1. The lowest BCUT2D eigenvalue weighted by Crippen LogP contribution is -2.24. The van der Waals surface area contributed by atoms with Crippen molar-refractivity contribution < 1.29 is 0 Å². The molecule has 0 fully saturated rings. The molecule has 1 aromatic rings. The molecule has 0 heterocycles. The van der Waals surface area contributed by atoms with Crippen LogP contribution in [0.5, 0.6) is 0 Å². The summed E-state index contributed by atoms with van der Waals surface area (Å²) in [6.45, 7) is 14.7. The Morgan fingerprint density at radius 1 is 1.12 bits per heavy atom. The van der Waals surface area contributed by atoms with Crippen molar-refractivity contribution in [3.05, 3.63) is 29.8 Å². The average Bonchev–Trinajstić information content (AvgIpc) is 2.25. The van der Waals surface area contributed by atoms with Gasteiger partial charge in [0, 0.05) is 12.2 Å². The van der Waals surface area contributed by atoms with Gasteiger partial charge in [-0.1, -0.05) is 53.7 Å². The summed E-state index contributed by atoms with van der Waals surface area (Å²) >= 11 is 0. The average molecular weight is 233 g/mol. The first-order valence-corrected chi connectivity index (χ1v) is 6.64. The van der Waals surface area contributed by atoms with Crippen molar-refractivity contribution in [2.75, 3.05) is 11.9 Å². The molecule has 1 nitrogen and oxygen atoms in total. The van der Waals surface area contributed by atoms with E-state index in [4.69, 9.17) is 0 Å². The maximum absolute atomic E-state index is 3.55. The molecule has 1 rings (SSSR count). The number of anilines is 1. The predicted molar refractivity (Wildman–Crippen MR) is 77.6 cm³/mol. The molecule has 0 amide bonds. The normalized spacial score (nSPS) is 13.8. The maximum atomic E-state index is 3.55. The minimum Gasteiger partial charge on any atom is -0.385 e. The summed E-state index contributed by atoms with van der Waals surface area (Å²) in [6, 6.07) is 8.75. The van der Waals surface area contributed by atoms with E-state index in [-0.39, 0.29) is 0 Å². The van der Waals surface area contributed by atoms with Gasteiger partial charge in [-0.2, -0.15) is 0 Å². The Labute approximate surface area is 107 Å². The number of nitrogens with one attached hydrogen (secondary N) is 1. The van der Waals surface area contributed by atoms with Gasteiger partial charge in [0.1, 0.15) is 0 Å². The van der Waals surface area contributed by atoms with E-state index in [2.05, 4.69) is 71.1 Å². The van der Waals surface area contributed by atoms with Crippen LogP contribution < -0.4 is 5.32 Å². The summed E-state index contributed by atoms with van der Waals surface area (Å²) in [4.78, 5) is 0. The van der Waals surface area contributed by atoms with Gasteiger partial charge in [-0.25, -0.2) is 0 Å². The van der Waals surface area contributed by atoms with E-state index in [0.717, 1.165) is 6.54 Å². The molecule has 0 saturated carbocycles. The number of rotatable bonds is 4. The van der Waals surface area contributed by atoms with Gasteiger partial charge in [0.25, 0.3) is 0 Å². The van der Waals surface area contributed by atoms with Crippen LogP contribution in [0.25, 0.3) is 0 Å². The van der Waals surface area contributed by atoms with Crippen LogP contribution in [0.3, 0.4) is 0 Å². The summed E-state index contributed by atoms with van der Waals surface area (Å²) in [5.41, 5.74) is 3.01. The second-order valence-electron chi connectivity index (χ2n) is 6.43. The molecule has 0 aliphatic rings. The van der Waals surface area contributed by atoms with Crippen LogP contribution in [0.1, 0.15) is 53.0 Å². The monoisotopic (exact) mass is 233 g/mol. The third-order valence-corrected chi connectivity index (χ3v) is 3.64. The summed E-state index contributed by atoms with van der Waals surface area (Å²) in [5.74, 6) is 1.25. The van der Waals surface area contributed by atoms with E-state index in [1.165, 1.54) is 11.3 Å². The Kier molecular flexibility index (Phi) is 4.62. The minimum atomic E-state index is 0.364. The van der Waals surface area contributed by atoms with Crippen molar-refractivity contribution in [3.8, 4) is 0 Å². The van der Waals surface area contributed by atoms with Crippen molar-refractivity contribution >= 4 is 5.69 Å². The second-order valence-corrected chi connectivity index (χ2v) is 6.43. The van der Waals surface area contributed by atoms with Crippen molar-refractivity contribution in [1.29, 1.82) is 0 Å². The lowest BCUT2D eigenvalue weighted by molar-refractivity contribution is 0.274. The summed E-state index contributed by atoms with van der Waals surface area (Å²) in [6.07, 6.45) is 0. The molecule has 0 bridgehead atoms. The third-order valence-electron chi connectivity index (χ3n) is 3.64. The summed E-state index contributed by atoms with van der Waals surface area (Å²) in [7, 11) is 0. The molecule has 0 spiro atoms. The van der Waals surface area contributed by atoms with Crippen molar-refractivity contribution in [2.24, 2.45) is 11.3 Å². The highest BCUT2D eigenvalue weighted by Crippen LogP contribution is 2.26. The van der Waals surface area contributed by atoms with Crippen molar-refractivity contribution in [3.63, 3.8) is 0 Å². The smallest absolute Gasteiger partial charge is 0.0343 e. The largest absolute Gasteiger partial charge is 0.385 e. The molecule has 0 aliphatic heterocycles. The molecule has 0 aliphatic carbocycles. The third kappa shape index (κ3) is 4.41. The number of benzene rings is 1. The van der Waals surface area contributed by atoms with Gasteiger partial charge in [-0.3, -0.25) is 0 Å². The molecule has 1 heteroatoms. The Bertz CT molecular complexity index is 347. The van der Waals surface area contributed by atoms with E-state index >= 15 is 0 Å². The quantitative estimate of drug-likeness (QED) is 0.779. The van der Waals surface area contributed by atoms with E-state index < -0.39 is 0 Å². The molecule has 96 valence electrons. The van der Waals surface area contributed by atoms with Gasteiger partial charge in [-0.15, -0.1) is 0 Å². The van der Waals surface area contributed by atoms with Crippen LogP contribution in [0.15, 0.2) is 24.3 Å². The maximum Gasteiger partial charge on any atom is 0.0343 e. The van der Waals surface area contributed by atoms with Crippen LogP contribution in [0.4, 0.5) is 5.69 Å². The zero-order valence-corrected chi connectivity index (χ0v) is 12.2. The Morgan fingerprint density at radius 2 is 1.76 bits per heavy atom. The molecule has 1 aromatic carbocycles. The Hall–Kier alpha value is -0.980. The van der Waals surface area contributed by atoms with E-state index in [9.17, 15) is 0 Å². The first-order valence-electron chi connectivity index (χ1n) is 6.64. The first kappa shape index (κ1) is 14.1.